The number of nitrogens with two attached hydrogens (primary N) is 1. The number of anilines is 2. The highest BCUT2D eigenvalue weighted by Gasteiger charge is 2.16. The second kappa shape index (κ2) is 6.23. The van der Waals surface area contributed by atoms with Gasteiger partial charge in [0.1, 0.15) is 15.8 Å². The molecule has 0 aliphatic heterocycles. The van der Waals surface area contributed by atoms with E-state index in [2.05, 4.69) is 19.8 Å². The Morgan fingerprint density at radius 3 is 3.05 bits per heavy atom. The van der Waals surface area contributed by atoms with Gasteiger partial charge in [-0.3, -0.25) is 4.68 Å². The average molecular weight is 320 g/mol. The molecular weight excluding hydrogens is 304 g/mol. The van der Waals surface area contributed by atoms with Crippen molar-refractivity contribution in [1.29, 1.82) is 0 Å². The summed E-state index contributed by atoms with van der Waals surface area (Å²) in [6, 6.07) is 1.93. The van der Waals surface area contributed by atoms with Gasteiger partial charge in [0.2, 0.25) is 0 Å². The molecule has 0 fully saturated rings. The summed E-state index contributed by atoms with van der Waals surface area (Å²) in [5.74, 6) is 0.545. The highest BCUT2D eigenvalue weighted by atomic mass is 32.1. The standard InChI is InChI=1S/C13H16N6S2/c1-9-8-20-13(17-9)10-11(14)18-21-12(10)15-4-2-6-19-7-3-5-16-19/h3,5,7-8,15H,2,4,6H2,1H3,(H2,14,18). The van der Waals surface area contributed by atoms with Crippen LogP contribution in [0.1, 0.15) is 12.1 Å². The summed E-state index contributed by atoms with van der Waals surface area (Å²) in [5, 5.41) is 11.5. The van der Waals surface area contributed by atoms with Crippen molar-refractivity contribution in [1.82, 2.24) is 19.1 Å². The summed E-state index contributed by atoms with van der Waals surface area (Å²) in [6.07, 6.45) is 4.74. The number of nitrogen functional groups attached to an aromatic ring is 1. The van der Waals surface area contributed by atoms with Gasteiger partial charge in [0.15, 0.2) is 0 Å². The minimum absolute atomic E-state index is 0.545. The normalized spacial score (nSPS) is 10.9. The summed E-state index contributed by atoms with van der Waals surface area (Å²) in [4.78, 5) is 4.49. The van der Waals surface area contributed by atoms with E-state index in [0.717, 1.165) is 40.8 Å². The molecule has 110 valence electrons. The van der Waals surface area contributed by atoms with Gasteiger partial charge in [0, 0.05) is 36.6 Å². The first-order valence-electron chi connectivity index (χ1n) is 6.63. The maximum Gasteiger partial charge on any atom is 0.149 e. The van der Waals surface area contributed by atoms with Gasteiger partial charge in [-0.05, 0) is 30.9 Å². The van der Waals surface area contributed by atoms with E-state index in [1.807, 2.05) is 29.2 Å². The fourth-order valence-electron chi connectivity index (χ4n) is 1.97. The Balaban J connectivity index is 1.63. The van der Waals surface area contributed by atoms with Crippen LogP contribution in [0.15, 0.2) is 23.8 Å². The predicted molar refractivity (Wildman–Crippen MR) is 87.7 cm³/mol. The molecule has 21 heavy (non-hydrogen) atoms. The molecule has 0 bridgehead atoms. The minimum atomic E-state index is 0.545. The van der Waals surface area contributed by atoms with E-state index in [9.17, 15) is 0 Å². The lowest BCUT2D eigenvalue weighted by atomic mass is 10.3. The Bertz CT molecular complexity index is 700. The van der Waals surface area contributed by atoms with Crippen molar-refractivity contribution in [2.45, 2.75) is 19.9 Å². The molecule has 3 aromatic heterocycles. The van der Waals surface area contributed by atoms with E-state index in [0.29, 0.717) is 5.82 Å². The van der Waals surface area contributed by atoms with Crippen LogP contribution < -0.4 is 11.1 Å². The summed E-state index contributed by atoms with van der Waals surface area (Å²) < 4.78 is 6.16. The highest BCUT2D eigenvalue weighted by molar-refractivity contribution is 7.15. The number of rotatable bonds is 6. The number of thiazole rings is 1. The van der Waals surface area contributed by atoms with E-state index >= 15 is 0 Å². The Hall–Kier alpha value is -1.93. The van der Waals surface area contributed by atoms with E-state index in [1.165, 1.54) is 11.5 Å². The predicted octanol–water partition coefficient (Wildman–Crippen LogP) is 2.86. The number of nitrogens with zero attached hydrogens (tertiary/aromatic N) is 4. The smallest absolute Gasteiger partial charge is 0.149 e. The fourth-order valence-corrected chi connectivity index (χ4v) is 3.63. The Morgan fingerprint density at radius 2 is 2.33 bits per heavy atom. The van der Waals surface area contributed by atoms with Gasteiger partial charge in [-0.15, -0.1) is 11.3 Å². The molecule has 3 heterocycles. The largest absolute Gasteiger partial charge is 0.382 e. The van der Waals surface area contributed by atoms with Gasteiger partial charge in [0.05, 0.1) is 5.56 Å². The number of hydrogen-bond acceptors (Lipinski definition) is 7. The summed E-state index contributed by atoms with van der Waals surface area (Å²) in [7, 11) is 0. The zero-order valence-corrected chi connectivity index (χ0v) is 13.2. The Labute approximate surface area is 130 Å². The van der Waals surface area contributed by atoms with Crippen LogP contribution >= 0.6 is 22.9 Å². The summed E-state index contributed by atoms with van der Waals surface area (Å²) in [5.41, 5.74) is 7.91. The molecule has 0 unspecified atom stereocenters. The Kier molecular flexibility index (Phi) is 4.16. The third-order valence-corrected chi connectivity index (χ3v) is 4.76. The van der Waals surface area contributed by atoms with Gasteiger partial charge >= 0.3 is 0 Å². The van der Waals surface area contributed by atoms with Crippen molar-refractivity contribution in [2.75, 3.05) is 17.6 Å². The van der Waals surface area contributed by atoms with Crippen molar-refractivity contribution in [3.63, 3.8) is 0 Å². The van der Waals surface area contributed by atoms with Crippen molar-refractivity contribution in [3.05, 3.63) is 29.5 Å². The summed E-state index contributed by atoms with van der Waals surface area (Å²) >= 11 is 2.98. The quantitative estimate of drug-likeness (QED) is 0.683. The molecule has 0 aliphatic carbocycles. The van der Waals surface area contributed by atoms with Crippen molar-refractivity contribution < 1.29 is 0 Å². The van der Waals surface area contributed by atoms with Crippen molar-refractivity contribution >= 4 is 33.7 Å². The highest BCUT2D eigenvalue weighted by Crippen LogP contribution is 2.38. The maximum atomic E-state index is 5.98. The van der Waals surface area contributed by atoms with Crippen LogP contribution in [0.2, 0.25) is 0 Å². The molecule has 0 saturated heterocycles. The molecule has 0 spiro atoms. The lowest BCUT2D eigenvalue weighted by Gasteiger charge is -2.06. The minimum Gasteiger partial charge on any atom is -0.382 e. The molecule has 0 saturated carbocycles. The lowest BCUT2D eigenvalue weighted by molar-refractivity contribution is 0.592. The molecule has 8 heteroatoms. The third-order valence-electron chi connectivity index (χ3n) is 2.96. The van der Waals surface area contributed by atoms with Gasteiger partial charge in [-0.2, -0.15) is 9.47 Å². The molecule has 0 aromatic carbocycles. The first-order valence-corrected chi connectivity index (χ1v) is 8.28. The zero-order valence-electron chi connectivity index (χ0n) is 11.6. The molecule has 0 atom stereocenters. The first-order chi connectivity index (χ1) is 10.2. The molecule has 3 rings (SSSR count). The molecule has 3 N–H and O–H groups in total. The van der Waals surface area contributed by atoms with Crippen LogP contribution in [0.25, 0.3) is 10.6 Å². The maximum absolute atomic E-state index is 5.98. The number of hydrogen-bond donors (Lipinski definition) is 2. The molecular formula is C13H16N6S2. The Morgan fingerprint density at radius 1 is 1.43 bits per heavy atom. The second-order valence-electron chi connectivity index (χ2n) is 4.62. The molecule has 6 nitrogen and oxygen atoms in total. The van der Waals surface area contributed by atoms with Crippen LogP contribution in [0.3, 0.4) is 0 Å². The van der Waals surface area contributed by atoms with Crippen LogP contribution in [-0.2, 0) is 6.54 Å². The van der Waals surface area contributed by atoms with Crippen molar-refractivity contribution in [3.8, 4) is 10.6 Å². The topological polar surface area (TPSA) is 81.6 Å². The second-order valence-corrected chi connectivity index (χ2v) is 6.25. The van der Waals surface area contributed by atoms with Gasteiger partial charge in [-0.25, -0.2) is 4.98 Å². The first kappa shape index (κ1) is 14.0. The van der Waals surface area contributed by atoms with E-state index < -0.39 is 0 Å². The molecule has 0 amide bonds. The van der Waals surface area contributed by atoms with Crippen LogP contribution in [0.5, 0.6) is 0 Å². The van der Waals surface area contributed by atoms with Gasteiger partial charge < -0.3 is 11.1 Å². The van der Waals surface area contributed by atoms with Gasteiger partial charge in [0.25, 0.3) is 0 Å². The lowest BCUT2D eigenvalue weighted by Crippen LogP contribution is -2.06. The number of aromatic nitrogens is 4. The zero-order chi connectivity index (χ0) is 14.7. The van der Waals surface area contributed by atoms with Crippen LogP contribution in [0, 0.1) is 6.92 Å². The molecule has 3 aromatic rings. The third kappa shape index (κ3) is 3.22. The van der Waals surface area contributed by atoms with Gasteiger partial charge in [-0.1, -0.05) is 0 Å². The number of aryl methyl sites for hydroxylation is 2. The summed E-state index contributed by atoms with van der Waals surface area (Å²) in [6.45, 7) is 3.71. The fraction of sp³-hybridized carbons (Fsp3) is 0.308. The van der Waals surface area contributed by atoms with Crippen LogP contribution in [0.4, 0.5) is 10.8 Å². The van der Waals surface area contributed by atoms with E-state index in [1.54, 1.807) is 17.5 Å². The average Bonchev–Trinajstić information content (AvgIpc) is 3.17. The van der Waals surface area contributed by atoms with E-state index in [4.69, 9.17) is 5.73 Å². The number of nitrogens with one attached hydrogen (secondary N) is 1. The molecule has 0 aliphatic rings. The monoisotopic (exact) mass is 320 g/mol. The van der Waals surface area contributed by atoms with Crippen molar-refractivity contribution in [2.24, 2.45) is 0 Å². The molecule has 0 radical (unpaired) electrons. The van der Waals surface area contributed by atoms with E-state index in [-0.39, 0.29) is 0 Å². The SMILES string of the molecule is Cc1csc(-c2c(N)nsc2NCCCn2cccn2)n1. The van der Waals surface area contributed by atoms with Crippen LogP contribution in [-0.4, -0.2) is 25.7 Å².